The monoisotopic (exact) mass is 345 g/mol. The number of nitrogens with zero attached hydrogens (tertiary/aromatic N) is 1. The van der Waals surface area contributed by atoms with Gasteiger partial charge in [0.1, 0.15) is 0 Å². The van der Waals surface area contributed by atoms with Crippen LogP contribution in [0.3, 0.4) is 0 Å². The summed E-state index contributed by atoms with van der Waals surface area (Å²) < 4.78 is 0. The molecule has 1 unspecified atom stereocenters. The van der Waals surface area contributed by atoms with Gasteiger partial charge in [-0.25, -0.2) is 0 Å². The summed E-state index contributed by atoms with van der Waals surface area (Å²) in [6, 6.07) is 0.286. The normalized spacial score (nSPS) is 11.4. The maximum absolute atomic E-state index is 12.0. The summed E-state index contributed by atoms with van der Waals surface area (Å²) >= 11 is 0. The van der Waals surface area contributed by atoms with E-state index in [0.717, 1.165) is 26.1 Å². The number of hydrogen-bond donors (Lipinski definition) is 6. The van der Waals surface area contributed by atoms with Crippen molar-refractivity contribution < 1.29 is 4.79 Å². The van der Waals surface area contributed by atoms with Crippen molar-refractivity contribution in [3.05, 3.63) is 0 Å². The van der Waals surface area contributed by atoms with Crippen molar-refractivity contribution in [1.29, 1.82) is 0 Å². The fourth-order valence-corrected chi connectivity index (χ4v) is 1.88. The van der Waals surface area contributed by atoms with Crippen LogP contribution < -0.4 is 32.7 Å². The third-order valence-corrected chi connectivity index (χ3v) is 3.07. The van der Waals surface area contributed by atoms with Crippen LogP contribution in [0.15, 0.2) is 4.99 Å². The highest BCUT2D eigenvalue weighted by atomic mass is 16.2. The van der Waals surface area contributed by atoms with Gasteiger partial charge in [0.15, 0.2) is 5.96 Å². The van der Waals surface area contributed by atoms with Gasteiger partial charge in [-0.05, 0) is 19.9 Å². The van der Waals surface area contributed by atoms with E-state index in [9.17, 15) is 4.79 Å². The smallest absolute Gasteiger partial charge is 0.237 e. The molecule has 0 spiro atoms. The third-order valence-electron chi connectivity index (χ3n) is 3.07. The summed E-state index contributed by atoms with van der Waals surface area (Å²) in [6.45, 7) is 12.0. The Morgan fingerprint density at radius 2 is 1.71 bits per heavy atom. The zero-order valence-electron chi connectivity index (χ0n) is 16.1. The van der Waals surface area contributed by atoms with Crippen LogP contribution in [0.4, 0.5) is 0 Å². The van der Waals surface area contributed by atoms with Crippen LogP contribution in [0.5, 0.6) is 0 Å². The van der Waals surface area contributed by atoms with Gasteiger partial charge in [0.2, 0.25) is 5.91 Å². The number of carbonyl (C=O) groups is 1. The van der Waals surface area contributed by atoms with Gasteiger partial charge < -0.3 is 32.7 Å². The molecule has 0 aliphatic carbocycles. The minimum Gasteiger partial charge on any atom is -0.370 e. The molecule has 0 bridgehead atoms. The molecule has 0 fully saturated rings. The maximum atomic E-state index is 12.0. The zero-order chi connectivity index (χ0) is 18.8. The Bertz CT molecular complexity index is 318. The predicted molar refractivity (Wildman–Crippen MR) is 103 cm³/mol. The minimum absolute atomic E-state index is 0.00862. The highest BCUT2D eigenvalue weighted by molar-refractivity contribution is 5.81. The lowest BCUT2D eigenvalue weighted by molar-refractivity contribution is -0.123. The molecule has 8 heteroatoms. The molecule has 0 saturated carbocycles. The van der Waals surface area contributed by atoms with Gasteiger partial charge in [-0.3, -0.25) is 9.79 Å². The molecular formula is C16H39N7O. The van der Waals surface area contributed by atoms with Crippen LogP contribution >= 0.6 is 0 Å². The minimum atomic E-state index is -0.211. The first-order chi connectivity index (χ1) is 11.5. The van der Waals surface area contributed by atoms with Gasteiger partial charge >= 0.3 is 0 Å². The molecule has 1 amide bonds. The van der Waals surface area contributed by atoms with Crippen LogP contribution in [0.2, 0.25) is 0 Å². The molecule has 0 aliphatic heterocycles. The SMILES string of the molecule is CC.CNC(CCCN=C(N)N)C(=O)NCCNCCNC(C)C. The lowest BCUT2D eigenvalue weighted by atomic mass is 10.1. The van der Waals surface area contributed by atoms with Gasteiger partial charge in [-0.15, -0.1) is 0 Å². The van der Waals surface area contributed by atoms with Crippen LogP contribution in [-0.2, 0) is 4.79 Å². The van der Waals surface area contributed by atoms with E-state index in [0.29, 0.717) is 25.6 Å². The average molecular weight is 346 g/mol. The summed E-state index contributed by atoms with van der Waals surface area (Å²) in [4.78, 5) is 15.9. The molecule has 0 aromatic rings. The number of aliphatic imine (C=N–C) groups is 1. The van der Waals surface area contributed by atoms with Gasteiger partial charge in [0.05, 0.1) is 6.04 Å². The largest absolute Gasteiger partial charge is 0.370 e. The Balaban J connectivity index is 0. The molecule has 0 rings (SSSR count). The van der Waals surface area contributed by atoms with E-state index in [1.165, 1.54) is 0 Å². The number of hydrogen-bond acceptors (Lipinski definition) is 5. The first-order valence-electron chi connectivity index (χ1n) is 8.91. The average Bonchev–Trinajstić information content (AvgIpc) is 2.55. The first-order valence-corrected chi connectivity index (χ1v) is 8.91. The summed E-state index contributed by atoms with van der Waals surface area (Å²) in [6.07, 6.45) is 1.46. The van der Waals surface area contributed by atoms with E-state index in [4.69, 9.17) is 11.5 Å². The van der Waals surface area contributed by atoms with Gasteiger partial charge in [0, 0.05) is 38.8 Å². The van der Waals surface area contributed by atoms with Crippen molar-refractivity contribution in [2.24, 2.45) is 16.5 Å². The van der Waals surface area contributed by atoms with Crippen molar-refractivity contribution >= 4 is 11.9 Å². The number of carbonyl (C=O) groups excluding carboxylic acids is 1. The maximum Gasteiger partial charge on any atom is 0.237 e. The van der Waals surface area contributed by atoms with Crippen molar-refractivity contribution in [1.82, 2.24) is 21.3 Å². The standard InChI is InChI=1S/C14H33N7O.C2H6/c1-11(2)19-9-7-18-8-10-20-13(22)12(17-3)5-4-6-21-14(15)16;1-2/h11-12,17-19H,4-10H2,1-3H3,(H,20,22)(H4,15,16,21);1-2H3. The number of amides is 1. The van der Waals surface area contributed by atoms with E-state index in [1.807, 2.05) is 13.8 Å². The second-order valence-electron chi connectivity index (χ2n) is 5.44. The molecule has 0 radical (unpaired) electrons. The van der Waals surface area contributed by atoms with E-state index < -0.39 is 0 Å². The number of nitrogens with one attached hydrogen (secondary N) is 4. The zero-order valence-corrected chi connectivity index (χ0v) is 16.1. The lowest BCUT2D eigenvalue weighted by Gasteiger charge is -2.16. The predicted octanol–water partition coefficient (Wildman–Crippen LogP) is -0.642. The lowest BCUT2D eigenvalue weighted by Crippen LogP contribution is -2.45. The molecule has 0 saturated heterocycles. The topological polar surface area (TPSA) is 130 Å². The van der Waals surface area contributed by atoms with E-state index in [2.05, 4.69) is 40.1 Å². The van der Waals surface area contributed by atoms with Gasteiger partial charge in [-0.2, -0.15) is 0 Å². The van der Waals surface area contributed by atoms with Crippen molar-refractivity contribution in [3.63, 3.8) is 0 Å². The second-order valence-corrected chi connectivity index (χ2v) is 5.44. The molecule has 1 atom stereocenters. The third kappa shape index (κ3) is 17.0. The summed E-state index contributed by atoms with van der Waals surface area (Å²) in [7, 11) is 1.78. The van der Waals surface area contributed by atoms with Crippen LogP contribution in [0.25, 0.3) is 0 Å². The molecule has 8 N–H and O–H groups in total. The van der Waals surface area contributed by atoms with Gasteiger partial charge in [0.25, 0.3) is 0 Å². The molecule has 0 aromatic heterocycles. The quantitative estimate of drug-likeness (QED) is 0.150. The number of likely N-dealkylation sites (N-methyl/N-ethyl adjacent to an activating group) is 1. The molecule has 0 heterocycles. The van der Waals surface area contributed by atoms with Crippen molar-refractivity contribution in [2.45, 2.75) is 52.6 Å². The molecule has 24 heavy (non-hydrogen) atoms. The Morgan fingerprint density at radius 3 is 2.25 bits per heavy atom. The molecule has 0 aromatic carbocycles. The number of guanidine groups is 1. The van der Waals surface area contributed by atoms with Crippen molar-refractivity contribution in [2.75, 3.05) is 39.8 Å². The van der Waals surface area contributed by atoms with Crippen LogP contribution in [0.1, 0.15) is 40.5 Å². The highest BCUT2D eigenvalue weighted by Crippen LogP contribution is 1.97. The van der Waals surface area contributed by atoms with Gasteiger partial charge in [-0.1, -0.05) is 27.7 Å². The second kappa shape index (κ2) is 18.0. The highest BCUT2D eigenvalue weighted by Gasteiger charge is 2.14. The summed E-state index contributed by atoms with van der Waals surface area (Å²) in [5, 5.41) is 12.5. The number of rotatable bonds is 13. The molecule has 8 nitrogen and oxygen atoms in total. The Morgan fingerprint density at radius 1 is 1.08 bits per heavy atom. The molecular weight excluding hydrogens is 306 g/mol. The fraction of sp³-hybridized carbons (Fsp3) is 0.875. The van der Waals surface area contributed by atoms with Crippen LogP contribution in [0, 0.1) is 0 Å². The Labute approximate surface area is 147 Å². The molecule has 0 aliphatic rings. The number of nitrogens with two attached hydrogens (primary N) is 2. The molecule has 144 valence electrons. The van der Waals surface area contributed by atoms with E-state index >= 15 is 0 Å². The Hall–Kier alpha value is -1.38. The fourth-order valence-electron chi connectivity index (χ4n) is 1.88. The first kappa shape index (κ1) is 24.9. The van der Waals surface area contributed by atoms with Crippen LogP contribution in [-0.4, -0.2) is 63.7 Å². The van der Waals surface area contributed by atoms with Crippen molar-refractivity contribution in [3.8, 4) is 0 Å². The Kier molecular flexibility index (Phi) is 18.6. The summed E-state index contributed by atoms with van der Waals surface area (Å²) in [5.41, 5.74) is 10.5. The van der Waals surface area contributed by atoms with E-state index in [-0.39, 0.29) is 17.9 Å². The van der Waals surface area contributed by atoms with E-state index in [1.54, 1.807) is 7.05 Å². The summed E-state index contributed by atoms with van der Waals surface area (Å²) in [5.74, 6) is 0.0952.